The number of hydrogen-bond acceptors (Lipinski definition) is 1. The molecule has 1 atom stereocenters. The highest BCUT2D eigenvalue weighted by Crippen LogP contribution is 2.24. The average molecular weight is 360 g/mol. The Morgan fingerprint density at radius 3 is 1.42 bits per heavy atom. The van der Waals surface area contributed by atoms with Crippen molar-refractivity contribution in [3.05, 3.63) is 5.38 Å². The minimum atomic E-state index is -0.381. The quantitative estimate of drug-likeness (QED) is 0.230. The first-order valence-electron chi connectivity index (χ1n) is 10.9. The highest BCUT2D eigenvalue weighted by molar-refractivity contribution is 6.27. The molecular weight excluding hydrogens is 316 g/mol. The molecule has 0 aliphatic carbocycles. The summed E-state index contributed by atoms with van der Waals surface area (Å²) in [4.78, 5) is 0. The normalized spacial score (nSPS) is 12.9. The van der Waals surface area contributed by atoms with Crippen LogP contribution in [-0.2, 0) is 0 Å². The number of rotatable bonds is 19. The van der Waals surface area contributed by atoms with E-state index in [0.717, 1.165) is 37.5 Å². The second-order valence-corrected chi connectivity index (χ2v) is 7.94. The van der Waals surface area contributed by atoms with Gasteiger partial charge in [0.25, 0.3) is 0 Å². The van der Waals surface area contributed by atoms with Crippen LogP contribution >= 0.6 is 11.6 Å². The number of aliphatic hydroxyl groups is 1. The maximum atomic E-state index is 9.88. The van der Waals surface area contributed by atoms with Crippen molar-refractivity contribution in [2.75, 3.05) is 0 Å². The van der Waals surface area contributed by atoms with Gasteiger partial charge in [0.15, 0.2) is 0 Å². The highest BCUT2D eigenvalue weighted by Gasteiger charge is 2.16. The molecule has 0 spiro atoms. The fraction of sp³-hybridized carbons (Fsp3) is 0.955. The fourth-order valence-corrected chi connectivity index (χ4v) is 3.45. The standard InChI is InChI=1S/C22H44ClO/c1-3-5-7-8-9-10-11-12-13-14-15-16-17-18-19-21(23)22(24)20-6-4-2/h22,24H,3-20H2,1-2H3. The Morgan fingerprint density at radius 1 is 0.625 bits per heavy atom. The largest absolute Gasteiger partial charge is 0.391 e. The predicted molar refractivity (Wildman–Crippen MR) is 110 cm³/mol. The minimum absolute atomic E-state index is 0.381. The van der Waals surface area contributed by atoms with Crippen LogP contribution in [0.2, 0.25) is 0 Å². The van der Waals surface area contributed by atoms with Crippen molar-refractivity contribution in [2.45, 2.75) is 136 Å². The third kappa shape index (κ3) is 17.1. The molecule has 0 saturated carbocycles. The van der Waals surface area contributed by atoms with Gasteiger partial charge in [-0.05, 0) is 12.8 Å². The molecule has 0 amide bonds. The SMILES string of the molecule is CCCCCCCCCCCCCCCC[C](Cl)C(O)CCCC. The van der Waals surface area contributed by atoms with Gasteiger partial charge in [0.05, 0.1) is 11.5 Å². The first kappa shape index (κ1) is 24.2. The molecule has 1 nitrogen and oxygen atoms in total. The molecule has 24 heavy (non-hydrogen) atoms. The molecule has 0 bridgehead atoms. The van der Waals surface area contributed by atoms with E-state index in [4.69, 9.17) is 11.6 Å². The van der Waals surface area contributed by atoms with E-state index in [2.05, 4.69) is 13.8 Å². The van der Waals surface area contributed by atoms with Gasteiger partial charge in [0, 0.05) is 0 Å². The van der Waals surface area contributed by atoms with Crippen molar-refractivity contribution in [2.24, 2.45) is 0 Å². The van der Waals surface area contributed by atoms with Crippen molar-refractivity contribution in [3.63, 3.8) is 0 Å². The third-order valence-corrected chi connectivity index (χ3v) is 5.40. The summed E-state index contributed by atoms with van der Waals surface area (Å²) >= 11 is 6.18. The van der Waals surface area contributed by atoms with Gasteiger partial charge in [-0.2, -0.15) is 0 Å². The molecule has 145 valence electrons. The zero-order chi connectivity index (χ0) is 17.9. The number of unbranched alkanes of at least 4 members (excludes halogenated alkanes) is 14. The summed E-state index contributed by atoms with van der Waals surface area (Å²) in [6.07, 6.45) is 22.8. The van der Waals surface area contributed by atoms with E-state index in [1.54, 1.807) is 0 Å². The van der Waals surface area contributed by atoms with Crippen LogP contribution in [0.1, 0.15) is 129 Å². The summed E-state index contributed by atoms with van der Waals surface area (Å²) in [6, 6.07) is 0. The molecule has 0 saturated heterocycles. The first-order chi connectivity index (χ1) is 11.7. The van der Waals surface area contributed by atoms with E-state index >= 15 is 0 Å². The van der Waals surface area contributed by atoms with Crippen LogP contribution in [-0.4, -0.2) is 11.2 Å². The molecule has 1 radical (unpaired) electrons. The van der Waals surface area contributed by atoms with Crippen molar-refractivity contribution in [1.82, 2.24) is 0 Å². The van der Waals surface area contributed by atoms with E-state index in [1.165, 1.54) is 83.5 Å². The van der Waals surface area contributed by atoms with E-state index in [1.807, 2.05) is 0 Å². The lowest BCUT2D eigenvalue weighted by Crippen LogP contribution is -2.13. The molecule has 0 heterocycles. The third-order valence-electron chi connectivity index (χ3n) is 4.96. The summed E-state index contributed by atoms with van der Waals surface area (Å²) in [5, 5.41) is 10.7. The average Bonchev–Trinajstić information content (AvgIpc) is 2.59. The first-order valence-corrected chi connectivity index (χ1v) is 11.3. The van der Waals surface area contributed by atoms with Crippen molar-refractivity contribution < 1.29 is 5.11 Å². The predicted octanol–water partition coefficient (Wildman–Crippen LogP) is 8.18. The summed E-state index contributed by atoms with van der Waals surface area (Å²) in [5.41, 5.74) is 0. The lowest BCUT2D eigenvalue weighted by atomic mass is 10.0. The second-order valence-electron chi connectivity index (χ2n) is 7.45. The Labute approximate surface area is 158 Å². The molecule has 1 N–H and O–H groups in total. The van der Waals surface area contributed by atoms with Crippen molar-refractivity contribution >= 4 is 11.6 Å². The van der Waals surface area contributed by atoms with Gasteiger partial charge in [-0.3, -0.25) is 0 Å². The zero-order valence-corrected chi connectivity index (χ0v) is 17.4. The summed E-state index contributed by atoms with van der Waals surface area (Å²) in [5.74, 6) is 0. The smallest absolute Gasteiger partial charge is 0.0920 e. The molecule has 0 rings (SSSR count). The van der Waals surface area contributed by atoms with Crippen LogP contribution in [0.5, 0.6) is 0 Å². The zero-order valence-electron chi connectivity index (χ0n) is 16.6. The van der Waals surface area contributed by atoms with Crippen LogP contribution in [0.25, 0.3) is 0 Å². The Balaban J connectivity index is 3.17. The fourth-order valence-electron chi connectivity index (χ4n) is 3.21. The van der Waals surface area contributed by atoms with E-state index in [-0.39, 0.29) is 6.10 Å². The Kier molecular flexibility index (Phi) is 19.8. The molecule has 2 heteroatoms. The van der Waals surface area contributed by atoms with Crippen LogP contribution in [0.4, 0.5) is 0 Å². The van der Waals surface area contributed by atoms with Gasteiger partial charge in [-0.1, -0.05) is 117 Å². The van der Waals surface area contributed by atoms with Crippen LogP contribution in [0.15, 0.2) is 0 Å². The molecule has 0 aromatic carbocycles. The number of aliphatic hydroxyl groups excluding tert-OH is 1. The molecule has 0 aromatic rings. The molecule has 0 fully saturated rings. The summed E-state index contributed by atoms with van der Waals surface area (Å²) < 4.78 is 0. The number of halogens is 1. The van der Waals surface area contributed by atoms with E-state index in [0.29, 0.717) is 0 Å². The van der Waals surface area contributed by atoms with Gasteiger partial charge in [0.2, 0.25) is 0 Å². The van der Waals surface area contributed by atoms with E-state index < -0.39 is 0 Å². The van der Waals surface area contributed by atoms with Gasteiger partial charge in [-0.25, -0.2) is 0 Å². The van der Waals surface area contributed by atoms with Crippen LogP contribution in [0, 0.1) is 5.38 Å². The molecule has 1 unspecified atom stereocenters. The minimum Gasteiger partial charge on any atom is -0.391 e. The highest BCUT2D eigenvalue weighted by atomic mass is 35.5. The monoisotopic (exact) mass is 359 g/mol. The van der Waals surface area contributed by atoms with Gasteiger partial charge in [0.1, 0.15) is 0 Å². The Hall–Kier alpha value is 0.250. The maximum absolute atomic E-state index is 9.88. The van der Waals surface area contributed by atoms with Crippen molar-refractivity contribution in [3.8, 4) is 0 Å². The molecular formula is C22H44ClO. The topological polar surface area (TPSA) is 20.2 Å². The molecule has 0 aliphatic heterocycles. The lowest BCUT2D eigenvalue weighted by Gasteiger charge is -2.15. The lowest BCUT2D eigenvalue weighted by molar-refractivity contribution is 0.181. The van der Waals surface area contributed by atoms with Crippen LogP contribution < -0.4 is 0 Å². The van der Waals surface area contributed by atoms with Gasteiger partial charge >= 0.3 is 0 Å². The Bertz CT molecular complexity index is 232. The Morgan fingerprint density at radius 2 is 1.00 bits per heavy atom. The second kappa shape index (κ2) is 19.6. The van der Waals surface area contributed by atoms with Gasteiger partial charge < -0.3 is 5.11 Å². The molecule has 0 aromatic heterocycles. The number of hydrogen-bond donors (Lipinski definition) is 1. The van der Waals surface area contributed by atoms with Gasteiger partial charge in [-0.15, -0.1) is 11.6 Å². The summed E-state index contributed by atoms with van der Waals surface area (Å²) in [7, 11) is 0. The van der Waals surface area contributed by atoms with E-state index in [9.17, 15) is 5.11 Å². The molecule has 0 aliphatic rings. The van der Waals surface area contributed by atoms with Crippen molar-refractivity contribution in [1.29, 1.82) is 0 Å². The maximum Gasteiger partial charge on any atom is 0.0920 e. The summed E-state index contributed by atoms with van der Waals surface area (Å²) in [6.45, 7) is 4.43. The van der Waals surface area contributed by atoms with Crippen LogP contribution in [0.3, 0.4) is 0 Å².